The maximum atomic E-state index is 14.6. The molecule has 2 saturated heterocycles. The van der Waals surface area contributed by atoms with Crippen LogP contribution in [0.2, 0.25) is 0 Å². The fraction of sp³-hybridized carbons (Fsp3) is 0.486. The summed E-state index contributed by atoms with van der Waals surface area (Å²) >= 11 is 0. The Morgan fingerprint density at radius 2 is 1.78 bits per heavy atom. The maximum Gasteiger partial charge on any atom is 0.249 e. The van der Waals surface area contributed by atoms with Gasteiger partial charge in [0.25, 0.3) is 0 Å². The van der Waals surface area contributed by atoms with Crippen molar-refractivity contribution < 1.29 is 4.79 Å². The molecule has 0 radical (unpaired) electrons. The zero-order valence-corrected chi connectivity index (χ0v) is 24.0. The van der Waals surface area contributed by atoms with Crippen LogP contribution in [0, 0.1) is 11.3 Å². The molecule has 1 N–H and O–H groups in total. The minimum absolute atomic E-state index is 0.0182. The molecule has 3 heterocycles. The summed E-state index contributed by atoms with van der Waals surface area (Å²) in [5.41, 5.74) is 2.63. The maximum absolute atomic E-state index is 14.6. The van der Waals surface area contributed by atoms with Crippen molar-refractivity contribution in [3.8, 4) is 0 Å². The Labute approximate surface area is 244 Å². The SMILES string of the molecule is O=C(C1N=CN(CC2CCCCN2)C1C12C=CC=CC1C2)N1CCN(Cc2ccccc2)C[C@H]1Cc1ccccc1. The van der Waals surface area contributed by atoms with Crippen LogP contribution in [0.5, 0.6) is 0 Å². The fourth-order valence-corrected chi connectivity index (χ4v) is 7.85. The number of benzene rings is 2. The van der Waals surface area contributed by atoms with Gasteiger partial charge in [0, 0.05) is 50.2 Å². The minimum Gasteiger partial charge on any atom is -0.355 e. The highest BCUT2D eigenvalue weighted by molar-refractivity contribution is 5.87. The number of piperazine rings is 1. The highest BCUT2D eigenvalue weighted by Crippen LogP contribution is 2.61. The second-order valence-electron chi connectivity index (χ2n) is 12.8. The molecule has 41 heavy (non-hydrogen) atoms. The van der Waals surface area contributed by atoms with Gasteiger partial charge in [-0.3, -0.25) is 14.7 Å². The Balaban J connectivity index is 1.13. The van der Waals surface area contributed by atoms with E-state index in [-0.39, 0.29) is 29.4 Å². The lowest BCUT2D eigenvalue weighted by molar-refractivity contribution is -0.139. The average Bonchev–Trinajstić information content (AvgIpc) is 3.62. The number of piperidine rings is 1. The highest BCUT2D eigenvalue weighted by atomic mass is 16.2. The van der Waals surface area contributed by atoms with Crippen molar-refractivity contribution >= 4 is 12.2 Å². The van der Waals surface area contributed by atoms with Gasteiger partial charge < -0.3 is 15.1 Å². The summed E-state index contributed by atoms with van der Waals surface area (Å²) < 4.78 is 0. The quantitative estimate of drug-likeness (QED) is 0.534. The first-order valence-electron chi connectivity index (χ1n) is 15.7. The number of carbonyl (C=O) groups excluding carboxylic acids is 1. The van der Waals surface area contributed by atoms with E-state index in [1.807, 2.05) is 6.34 Å². The number of aliphatic imine (C=N–C) groups is 1. The van der Waals surface area contributed by atoms with Crippen molar-refractivity contribution in [2.24, 2.45) is 16.3 Å². The van der Waals surface area contributed by atoms with E-state index in [0.717, 1.165) is 52.1 Å². The number of rotatable bonds is 8. The third-order valence-corrected chi connectivity index (χ3v) is 10.1. The zero-order valence-electron chi connectivity index (χ0n) is 24.0. The summed E-state index contributed by atoms with van der Waals surface area (Å²) in [7, 11) is 0. The normalized spacial score (nSPS) is 32.7. The van der Waals surface area contributed by atoms with Gasteiger partial charge in [0.1, 0.15) is 0 Å². The topological polar surface area (TPSA) is 51.2 Å². The standard InChI is InChI=1S/C35H43N5O/c41-34(32-33(35-17-9-7-15-29(35)22-35)39(26-37-32)24-30-16-8-10-18-36-30)40-20-19-38(23-28-13-5-2-6-14-28)25-31(40)21-27-11-3-1-4-12-27/h1-7,9,11-15,17,26,29-33,36H,8,10,16,18-25H2/t29?,30?,31-,32?,33?,35?/m1/s1. The Morgan fingerprint density at radius 3 is 2.54 bits per heavy atom. The monoisotopic (exact) mass is 549 g/mol. The van der Waals surface area contributed by atoms with Gasteiger partial charge in [-0.2, -0.15) is 0 Å². The molecule has 3 fully saturated rings. The molecule has 6 atom stereocenters. The van der Waals surface area contributed by atoms with Crippen LogP contribution in [0.15, 0.2) is 90.0 Å². The van der Waals surface area contributed by atoms with Gasteiger partial charge in [0.15, 0.2) is 6.04 Å². The van der Waals surface area contributed by atoms with Crippen molar-refractivity contribution in [1.82, 2.24) is 20.0 Å². The predicted octanol–water partition coefficient (Wildman–Crippen LogP) is 4.30. The van der Waals surface area contributed by atoms with Crippen molar-refractivity contribution in [2.75, 3.05) is 32.7 Å². The lowest BCUT2D eigenvalue weighted by atomic mass is 9.84. The van der Waals surface area contributed by atoms with E-state index in [2.05, 4.69) is 105 Å². The molecule has 0 aromatic heterocycles. The average molecular weight is 550 g/mol. The van der Waals surface area contributed by atoms with Crippen molar-refractivity contribution in [3.05, 3.63) is 96.1 Å². The summed E-state index contributed by atoms with van der Waals surface area (Å²) in [6.45, 7) is 5.46. The smallest absolute Gasteiger partial charge is 0.249 e. The lowest BCUT2D eigenvalue weighted by Gasteiger charge is -2.44. The molecular formula is C35H43N5O. The van der Waals surface area contributed by atoms with Gasteiger partial charge in [0.2, 0.25) is 5.91 Å². The van der Waals surface area contributed by atoms with Crippen LogP contribution < -0.4 is 5.32 Å². The third kappa shape index (κ3) is 5.52. The van der Waals surface area contributed by atoms with Crippen LogP contribution >= 0.6 is 0 Å². The van der Waals surface area contributed by atoms with E-state index in [4.69, 9.17) is 4.99 Å². The van der Waals surface area contributed by atoms with Gasteiger partial charge in [0.05, 0.1) is 12.4 Å². The lowest BCUT2D eigenvalue weighted by Crippen LogP contribution is -2.60. The van der Waals surface area contributed by atoms with Crippen LogP contribution in [0.25, 0.3) is 0 Å². The number of hydrogen-bond acceptors (Lipinski definition) is 5. The van der Waals surface area contributed by atoms with E-state index in [0.29, 0.717) is 12.0 Å². The Bertz CT molecular complexity index is 1290. The highest BCUT2D eigenvalue weighted by Gasteiger charge is 2.63. The molecule has 2 aromatic rings. The molecule has 0 bridgehead atoms. The second kappa shape index (κ2) is 11.6. The molecule has 214 valence electrons. The molecule has 3 aliphatic heterocycles. The van der Waals surface area contributed by atoms with Gasteiger partial charge in [-0.05, 0) is 49.3 Å². The summed E-state index contributed by atoms with van der Waals surface area (Å²) in [6, 6.07) is 21.7. The Hall–Kier alpha value is -3.22. The number of fused-ring (bicyclic) bond motifs is 1. The first kappa shape index (κ1) is 26.7. The molecule has 6 heteroatoms. The number of allylic oxidation sites excluding steroid dienone is 3. The third-order valence-electron chi connectivity index (χ3n) is 10.1. The minimum atomic E-state index is -0.348. The summed E-state index contributed by atoms with van der Waals surface area (Å²) in [5.74, 6) is 0.729. The second-order valence-corrected chi connectivity index (χ2v) is 12.8. The van der Waals surface area contributed by atoms with Crippen molar-refractivity contribution in [1.29, 1.82) is 0 Å². The van der Waals surface area contributed by atoms with Crippen LogP contribution in [-0.2, 0) is 17.8 Å². The molecular weight excluding hydrogens is 506 g/mol. The largest absolute Gasteiger partial charge is 0.355 e. The number of carbonyl (C=O) groups is 1. The summed E-state index contributed by atoms with van der Waals surface area (Å²) in [4.78, 5) is 26.8. The predicted molar refractivity (Wildman–Crippen MR) is 165 cm³/mol. The number of nitrogens with zero attached hydrogens (tertiary/aromatic N) is 4. The molecule has 1 saturated carbocycles. The number of amides is 1. The van der Waals surface area contributed by atoms with E-state index in [1.54, 1.807) is 0 Å². The van der Waals surface area contributed by atoms with Crippen molar-refractivity contribution in [2.45, 2.75) is 62.8 Å². The zero-order chi connectivity index (χ0) is 27.6. The summed E-state index contributed by atoms with van der Waals surface area (Å²) in [5, 5.41) is 3.73. The summed E-state index contributed by atoms with van der Waals surface area (Å²) in [6.07, 6.45) is 16.8. The van der Waals surface area contributed by atoms with Crippen molar-refractivity contribution in [3.63, 3.8) is 0 Å². The van der Waals surface area contributed by atoms with E-state index < -0.39 is 0 Å². The molecule has 1 amide bonds. The Morgan fingerprint density at radius 1 is 0.976 bits per heavy atom. The van der Waals surface area contributed by atoms with E-state index in [1.165, 1.54) is 30.4 Å². The van der Waals surface area contributed by atoms with Gasteiger partial charge in [-0.1, -0.05) is 91.4 Å². The van der Waals surface area contributed by atoms with Crippen LogP contribution in [-0.4, -0.2) is 83.8 Å². The number of nitrogens with one attached hydrogen (secondary N) is 1. The molecule has 5 aliphatic rings. The van der Waals surface area contributed by atoms with Gasteiger partial charge in [-0.25, -0.2) is 0 Å². The molecule has 2 aliphatic carbocycles. The Kier molecular flexibility index (Phi) is 7.53. The molecule has 5 unspecified atom stereocenters. The molecule has 2 aromatic carbocycles. The fourth-order valence-electron chi connectivity index (χ4n) is 7.85. The molecule has 7 rings (SSSR count). The number of hydrogen-bond donors (Lipinski definition) is 1. The van der Waals surface area contributed by atoms with Gasteiger partial charge >= 0.3 is 0 Å². The molecule has 0 spiro atoms. The molecule has 6 nitrogen and oxygen atoms in total. The van der Waals surface area contributed by atoms with E-state index >= 15 is 0 Å². The van der Waals surface area contributed by atoms with Gasteiger partial charge in [-0.15, -0.1) is 0 Å². The first-order valence-corrected chi connectivity index (χ1v) is 15.7. The first-order chi connectivity index (χ1) is 20.2. The van der Waals surface area contributed by atoms with Crippen LogP contribution in [0.1, 0.15) is 36.8 Å². The van der Waals surface area contributed by atoms with Crippen LogP contribution in [0.3, 0.4) is 0 Å². The van der Waals surface area contributed by atoms with E-state index in [9.17, 15) is 4.79 Å². The van der Waals surface area contributed by atoms with Crippen LogP contribution in [0.4, 0.5) is 0 Å².